The fraction of sp³-hybridized carbons (Fsp3) is 0.588. The second-order valence-corrected chi connectivity index (χ2v) is 6.25. The van der Waals surface area contributed by atoms with E-state index < -0.39 is 0 Å². The van der Waals surface area contributed by atoms with E-state index in [-0.39, 0.29) is 0 Å². The molecule has 6 heteroatoms. The van der Waals surface area contributed by atoms with Crippen LogP contribution in [0.1, 0.15) is 31.0 Å². The summed E-state index contributed by atoms with van der Waals surface area (Å²) in [5.41, 5.74) is 2.29. The van der Waals surface area contributed by atoms with E-state index in [0.29, 0.717) is 0 Å². The number of aromatic nitrogens is 4. The van der Waals surface area contributed by atoms with E-state index in [1.165, 1.54) is 5.56 Å². The van der Waals surface area contributed by atoms with Crippen LogP contribution >= 0.6 is 0 Å². The third-order valence-corrected chi connectivity index (χ3v) is 4.20. The summed E-state index contributed by atoms with van der Waals surface area (Å²) in [4.78, 5) is 13.7. The first-order valence-corrected chi connectivity index (χ1v) is 8.52. The average molecular weight is 314 g/mol. The minimum absolute atomic E-state index is 0.979. The van der Waals surface area contributed by atoms with Crippen molar-refractivity contribution < 1.29 is 0 Å². The van der Waals surface area contributed by atoms with E-state index in [9.17, 15) is 0 Å². The van der Waals surface area contributed by atoms with Crippen LogP contribution < -0.4 is 4.90 Å². The first-order chi connectivity index (χ1) is 11.2. The predicted molar refractivity (Wildman–Crippen MR) is 91.4 cm³/mol. The molecule has 0 unspecified atom stereocenters. The van der Waals surface area contributed by atoms with Crippen LogP contribution in [-0.4, -0.2) is 50.8 Å². The third kappa shape index (κ3) is 4.28. The summed E-state index contributed by atoms with van der Waals surface area (Å²) in [5.74, 6) is 1.00. The summed E-state index contributed by atoms with van der Waals surface area (Å²) in [5, 5.41) is 4.43. The maximum Gasteiger partial charge on any atom is 0.147 e. The molecule has 124 valence electrons. The van der Waals surface area contributed by atoms with Crippen molar-refractivity contribution in [3.8, 4) is 0 Å². The number of hydrogen-bond acceptors (Lipinski definition) is 5. The zero-order chi connectivity index (χ0) is 16.1. The van der Waals surface area contributed by atoms with Crippen molar-refractivity contribution in [3.63, 3.8) is 0 Å². The molecule has 0 atom stereocenters. The molecule has 0 N–H and O–H groups in total. The molecule has 1 fully saturated rings. The van der Waals surface area contributed by atoms with Crippen molar-refractivity contribution in [2.45, 2.75) is 39.8 Å². The van der Waals surface area contributed by atoms with Crippen molar-refractivity contribution in [1.29, 1.82) is 0 Å². The Balaban J connectivity index is 1.57. The molecule has 0 aromatic carbocycles. The van der Waals surface area contributed by atoms with Crippen molar-refractivity contribution in [3.05, 3.63) is 36.0 Å². The van der Waals surface area contributed by atoms with Gasteiger partial charge < -0.3 is 4.90 Å². The van der Waals surface area contributed by atoms with E-state index in [4.69, 9.17) is 0 Å². The fourth-order valence-corrected chi connectivity index (χ4v) is 3.06. The van der Waals surface area contributed by atoms with Gasteiger partial charge in [-0.2, -0.15) is 5.10 Å². The molecule has 3 rings (SSSR count). The second-order valence-electron chi connectivity index (χ2n) is 6.25. The predicted octanol–water partition coefficient (Wildman–Crippen LogP) is 2.10. The quantitative estimate of drug-likeness (QED) is 0.846. The average Bonchev–Trinajstić information content (AvgIpc) is 2.84. The highest BCUT2D eigenvalue weighted by Gasteiger charge is 2.17. The normalized spacial score (nSPS) is 16.5. The number of rotatable bonds is 5. The van der Waals surface area contributed by atoms with Crippen LogP contribution in [-0.2, 0) is 13.1 Å². The molecule has 0 spiro atoms. The van der Waals surface area contributed by atoms with Gasteiger partial charge in [0.2, 0.25) is 0 Å². The molecule has 1 aliphatic heterocycles. The monoisotopic (exact) mass is 314 g/mol. The van der Waals surface area contributed by atoms with Crippen LogP contribution in [0.15, 0.2) is 24.8 Å². The molecule has 0 amide bonds. The largest absolute Gasteiger partial charge is 0.354 e. The lowest BCUT2D eigenvalue weighted by atomic mass is 10.3. The zero-order valence-corrected chi connectivity index (χ0v) is 14.1. The molecular formula is C17H26N6. The zero-order valence-electron chi connectivity index (χ0n) is 14.1. The Morgan fingerprint density at radius 3 is 2.83 bits per heavy atom. The third-order valence-electron chi connectivity index (χ3n) is 4.20. The standard InChI is InChI=1S/C17H26N6/c1-3-5-23-14-16(11-19-23)13-21-6-4-7-22(9-8-21)17-12-18-10-15(2)20-17/h10-12,14H,3-9,13H2,1-2H3. The highest BCUT2D eigenvalue weighted by Crippen LogP contribution is 2.14. The lowest BCUT2D eigenvalue weighted by Gasteiger charge is -2.22. The smallest absolute Gasteiger partial charge is 0.147 e. The summed E-state index contributed by atoms with van der Waals surface area (Å²) in [6, 6.07) is 0. The van der Waals surface area contributed by atoms with Crippen LogP contribution in [0.4, 0.5) is 5.82 Å². The van der Waals surface area contributed by atoms with Crippen LogP contribution in [0, 0.1) is 6.92 Å². The Morgan fingerprint density at radius 1 is 1.09 bits per heavy atom. The van der Waals surface area contributed by atoms with E-state index in [2.05, 4.69) is 38.0 Å². The van der Waals surface area contributed by atoms with Gasteiger partial charge in [0.05, 0.1) is 18.1 Å². The van der Waals surface area contributed by atoms with E-state index in [0.717, 1.165) is 63.6 Å². The van der Waals surface area contributed by atoms with Gasteiger partial charge in [-0.1, -0.05) is 6.92 Å². The van der Waals surface area contributed by atoms with Crippen LogP contribution in [0.5, 0.6) is 0 Å². The highest BCUT2D eigenvalue weighted by molar-refractivity contribution is 5.36. The second kappa shape index (κ2) is 7.55. The van der Waals surface area contributed by atoms with E-state index in [1.54, 1.807) is 0 Å². The van der Waals surface area contributed by atoms with Gasteiger partial charge in [-0.3, -0.25) is 14.6 Å². The summed E-state index contributed by atoms with van der Waals surface area (Å²) in [7, 11) is 0. The van der Waals surface area contributed by atoms with Gasteiger partial charge in [-0.15, -0.1) is 0 Å². The molecule has 0 bridgehead atoms. The van der Waals surface area contributed by atoms with Crippen molar-refractivity contribution in [2.24, 2.45) is 0 Å². The van der Waals surface area contributed by atoms with Gasteiger partial charge in [0.15, 0.2) is 0 Å². The topological polar surface area (TPSA) is 50.1 Å². The first kappa shape index (κ1) is 15.9. The maximum atomic E-state index is 4.60. The number of aryl methyl sites for hydroxylation is 2. The minimum Gasteiger partial charge on any atom is -0.354 e. The van der Waals surface area contributed by atoms with Crippen LogP contribution in [0.2, 0.25) is 0 Å². The molecule has 0 saturated carbocycles. The SMILES string of the molecule is CCCn1cc(CN2CCCN(c3cncc(C)n3)CC2)cn1. The molecule has 2 aromatic rings. The summed E-state index contributed by atoms with van der Waals surface area (Å²) in [6.45, 7) is 10.4. The van der Waals surface area contributed by atoms with Gasteiger partial charge in [0.25, 0.3) is 0 Å². The van der Waals surface area contributed by atoms with Gasteiger partial charge in [0, 0.05) is 57.2 Å². The lowest BCUT2D eigenvalue weighted by Crippen LogP contribution is -2.31. The van der Waals surface area contributed by atoms with Gasteiger partial charge in [-0.25, -0.2) is 4.98 Å². The minimum atomic E-state index is 0.979. The van der Waals surface area contributed by atoms with E-state index in [1.807, 2.05) is 30.2 Å². The summed E-state index contributed by atoms with van der Waals surface area (Å²) < 4.78 is 2.04. The molecule has 0 aliphatic carbocycles. The molecule has 1 aliphatic rings. The Morgan fingerprint density at radius 2 is 2.00 bits per heavy atom. The Kier molecular flexibility index (Phi) is 5.23. The summed E-state index contributed by atoms with van der Waals surface area (Å²) >= 11 is 0. The van der Waals surface area contributed by atoms with Crippen molar-refractivity contribution in [2.75, 3.05) is 31.1 Å². The summed E-state index contributed by atoms with van der Waals surface area (Å²) in [6.07, 6.45) is 10.1. The molecule has 2 aromatic heterocycles. The number of nitrogens with zero attached hydrogens (tertiary/aromatic N) is 6. The fourth-order valence-electron chi connectivity index (χ4n) is 3.06. The number of anilines is 1. The van der Waals surface area contributed by atoms with Crippen molar-refractivity contribution >= 4 is 5.82 Å². The Labute approximate surface area is 138 Å². The van der Waals surface area contributed by atoms with Crippen LogP contribution in [0.25, 0.3) is 0 Å². The molecule has 23 heavy (non-hydrogen) atoms. The van der Waals surface area contributed by atoms with Gasteiger partial charge >= 0.3 is 0 Å². The molecule has 6 nitrogen and oxygen atoms in total. The van der Waals surface area contributed by atoms with Gasteiger partial charge in [-0.05, 0) is 19.8 Å². The van der Waals surface area contributed by atoms with Crippen LogP contribution in [0.3, 0.4) is 0 Å². The first-order valence-electron chi connectivity index (χ1n) is 8.52. The van der Waals surface area contributed by atoms with E-state index >= 15 is 0 Å². The molecular weight excluding hydrogens is 288 g/mol. The Bertz CT molecular complexity index is 623. The highest BCUT2D eigenvalue weighted by atomic mass is 15.3. The molecule has 0 radical (unpaired) electrons. The lowest BCUT2D eigenvalue weighted by molar-refractivity contribution is 0.285. The van der Waals surface area contributed by atoms with Crippen molar-refractivity contribution in [1.82, 2.24) is 24.6 Å². The molecule has 1 saturated heterocycles. The van der Waals surface area contributed by atoms with Gasteiger partial charge in [0.1, 0.15) is 5.82 Å². The Hall–Kier alpha value is -1.95. The number of hydrogen-bond donors (Lipinski definition) is 0. The maximum absolute atomic E-state index is 4.60. The molecule has 3 heterocycles.